The molecule has 0 aliphatic carbocycles. The molecular weight excluding hydrogens is 493 g/mol. The van der Waals surface area contributed by atoms with Gasteiger partial charge in [0.15, 0.2) is 5.69 Å². The number of halogens is 3. The summed E-state index contributed by atoms with van der Waals surface area (Å²) >= 11 is 0. The zero-order chi connectivity index (χ0) is 26.1. The zero-order valence-electron chi connectivity index (χ0n) is 19.2. The van der Waals surface area contributed by atoms with E-state index in [2.05, 4.69) is 10.4 Å². The van der Waals surface area contributed by atoms with Crippen molar-refractivity contribution in [3.05, 3.63) is 96.3 Å². The summed E-state index contributed by atoms with van der Waals surface area (Å²) in [7, 11) is -0.939. The summed E-state index contributed by atoms with van der Waals surface area (Å²) in [6.45, 7) is 0. The summed E-state index contributed by atoms with van der Waals surface area (Å²) < 4.78 is 66.4. The lowest BCUT2D eigenvalue weighted by molar-refractivity contribution is -0.141. The lowest BCUT2D eigenvalue weighted by atomic mass is 10.2. The van der Waals surface area contributed by atoms with Gasteiger partial charge in [0.05, 0.1) is 15.5 Å². The van der Waals surface area contributed by atoms with Gasteiger partial charge in [0, 0.05) is 31.5 Å². The van der Waals surface area contributed by atoms with Crippen molar-refractivity contribution in [2.75, 3.05) is 17.3 Å². The van der Waals surface area contributed by atoms with Crippen molar-refractivity contribution in [3.63, 3.8) is 0 Å². The summed E-state index contributed by atoms with van der Waals surface area (Å²) in [4.78, 5) is 14.3. The molecule has 0 saturated heterocycles. The molecule has 36 heavy (non-hydrogen) atoms. The summed E-state index contributed by atoms with van der Waals surface area (Å²) in [5.74, 6) is -0.814. The first kappa shape index (κ1) is 25.0. The first-order chi connectivity index (χ1) is 17.0. The second kappa shape index (κ2) is 9.50. The summed E-state index contributed by atoms with van der Waals surface area (Å²) in [6.07, 6.45) is -4.68. The Labute approximate surface area is 205 Å². The second-order valence-electron chi connectivity index (χ2n) is 7.88. The first-order valence-electron chi connectivity index (χ1n) is 10.6. The topological polar surface area (TPSA) is 84.3 Å². The van der Waals surface area contributed by atoms with Gasteiger partial charge in [0.1, 0.15) is 5.69 Å². The standard InChI is InChI=1S/C25H21F3N4O3S/c1-31(18-8-4-3-5-9-18)20-10-6-7-11-22(20)36(34,35)19-14-12-17(13-15-19)29-24(33)21-16-23(25(26,27)28)30-32(21)2/h3-16H,1-2H3,(H,29,33). The van der Waals surface area contributed by atoms with Gasteiger partial charge >= 0.3 is 6.18 Å². The normalized spacial score (nSPS) is 11.8. The van der Waals surface area contributed by atoms with Crippen molar-refractivity contribution >= 4 is 32.8 Å². The number of carbonyl (C=O) groups is 1. The second-order valence-corrected chi connectivity index (χ2v) is 9.80. The van der Waals surface area contributed by atoms with E-state index in [1.165, 1.54) is 37.4 Å². The van der Waals surface area contributed by atoms with Crippen LogP contribution in [0.25, 0.3) is 0 Å². The molecule has 0 aliphatic rings. The fourth-order valence-corrected chi connectivity index (χ4v) is 5.10. The molecule has 1 N–H and O–H groups in total. The lowest BCUT2D eigenvalue weighted by Gasteiger charge is -2.22. The molecule has 3 aromatic carbocycles. The van der Waals surface area contributed by atoms with Crippen molar-refractivity contribution in [2.24, 2.45) is 7.05 Å². The van der Waals surface area contributed by atoms with Crippen molar-refractivity contribution in [3.8, 4) is 0 Å². The van der Waals surface area contributed by atoms with Crippen LogP contribution in [0, 0.1) is 0 Å². The van der Waals surface area contributed by atoms with Gasteiger partial charge < -0.3 is 10.2 Å². The zero-order valence-corrected chi connectivity index (χ0v) is 20.0. The predicted octanol–water partition coefficient (Wildman–Crippen LogP) is 5.29. The van der Waals surface area contributed by atoms with E-state index in [4.69, 9.17) is 0 Å². The third-order valence-corrected chi connectivity index (χ3v) is 7.30. The van der Waals surface area contributed by atoms with E-state index in [1.54, 1.807) is 30.1 Å². The van der Waals surface area contributed by atoms with Gasteiger partial charge in [0.2, 0.25) is 9.84 Å². The Hall–Kier alpha value is -4.12. The average Bonchev–Trinajstić information content (AvgIpc) is 3.27. The van der Waals surface area contributed by atoms with Crippen LogP contribution in [0.2, 0.25) is 0 Å². The van der Waals surface area contributed by atoms with Crippen LogP contribution in [0.15, 0.2) is 94.7 Å². The molecule has 0 aliphatic heterocycles. The number of amides is 1. The molecule has 0 spiro atoms. The number of nitrogens with one attached hydrogen (secondary N) is 1. The highest BCUT2D eigenvalue weighted by Crippen LogP contribution is 2.34. The fraction of sp³-hybridized carbons (Fsp3) is 0.120. The van der Waals surface area contributed by atoms with Crippen LogP contribution in [0.5, 0.6) is 0 Å². The number of nitrogens with zero attached hydrogens (tertiary/aromatic N) is 3. The average molecular weight is 515 g/mol. The molecule has 0 unspecified atom stereocenters. The van der Waals surface area contributed by atoms with Gasteiger partial charge in [-0.05, 0) is 48.5 Å². The Kier molecular flexibility index (Phi) is 6.59. The highest BCUT2D eigenvalue weighted by molar-refractivity contribution is 7.91. The van der Waals surface area contributed by atoms with Crippen molar-refractivity contribution in [1.82, 2.24) is 9.78 Å². The SMILES string of the molecule is CN(c1ccccc1)c1ccccc1S(=O)(=O)c1ccc(NC(=O)c2cc(C(F)(F)F)nn2C)cc1. The molecule has 0 radical (unpaired) electrons. The van der Waals surface area contributed by atoms with E-state index in [0.29, 0.717) is 11.8 Å². The largest absolute Gasteiger partial charge is 0.435 e. The Morgan fingerprint density at radius 2 is 1.56 bits per heavy atom. The molecule has 7 nitrogen and oxygen atoms in total. The van der Waals surface area contributed by atoms with Crippen LogP contribution < -0.4 is 10.2 Å². The Morgan fingerprint density at radius 3 is 2.17 bits per heavy atom. The molecule has 1 amide bonds. The van der Waals surface area contributed by atoms with Gasteiger partial charge in [-0.2, -0.15) is 18.3 Å². The molecule has 1 aromatic heterocycles. The number of para-hydroxylation sites is 2. The van der Waals surface area contributed by atoms with Gasteiger partial charge in [-0.3, -0.25) is 9.48 Å². The van der Waals surface area contributed by atoms with E-state index < -0.39 is 27.6 Å². The van der Waals surface area contributed by atoms with Crippen molar-refractivity contribution in [2.45, 2.75) is 16.0 Å². The van der Waals surface area contributed by atoms with E-state index in [9.17, 15) is 26.4 Å². The minimum absolute atomic E-state index is 0.00528. The van der Waals surface area contributed by atoms with Crippen LogP contribution in [0.4, 0.5) is 30.2 Å². The fourth-order valence-electron chi connectivity index (χ4n) is 3.61. The van der Waals surface area contributed by atoms with E-state index in [0.717, 1.165) is 10.4 Å². The minimum Gasteiger partial charge on any atom is -0.344 e. The highest BCUT2D eigenvalue weighted by atomic mass is 32.2. The number of alkyl halides is 3. The van der Waals surface area contributed by atoms with Crippen LogP contribution in [-0.2, 0) is 23.1 Å². The summed E-state index contributed by atoms with van der Waals surface area (Å²) in [6, 6.07) is 21.9. The minimum atomic E-state index is -4.68. The number of hydrogen-bond acceptors (Lipinski definition) is 5. The number of sulfone groups is 1. The van der Waals surface area contributed by atoms with Gasteiger partial charge in [-0.25, -0.2) is 8.42 Å². The Bertz CT molecular complexity index is 1500. The van der Waals surface area contributed by atoms with Gasteiger partial charge in [-0.15, -0.1) is 0 Å². The molecule has 11 heteroatoms. The predicted molar refractivity (Wildman–Crippen MR) is 129 cm³/mol. The van der Waals surface area contributed by atoms with Crippen LogP contribution in [-0.4, -0.2) is 31.2 Å². The number of benzene rings is 3. The smallest absolute Gasteiger partial charge is 0.344 e. The van der Waals surface area contributed by atoms with E-state index in [-0.39, 0.29) is 21.2 Å². The summed E-state index contributed by atoms with van der Waals surface area (Å²) in [5.41, 5.74) is 0.0239. The number of aromatic nitrogens is 2. The van der Waals surface area contributed by atoms with Crippen LogP contribution >= 0.6 is 0 Å². The molecule has 4 rings (SSSR count). The third kappa shape index (κ3) is 4.96. The van der Waals surface area contributed by atoms with Gasteiger partial charge in [0.25, 0.3) is 5.91 Å². The first-order valence-corrected chi connectivity index (χ1v) is 12.1. The Morgan fingerprint density at radius 1 is 0.944 bits per heavy atom. The molecule has 0 atom stereocenters. The lowest BCUT2D eigenvalue weighted by Crippen LogP contribution is -2.16. The monoisotopic (exact) mass is 514 g/mol. The molecule has 186 valence electrons. The number of aryl methyl sites for hydroxylation is 1. The van der Waals surface area contributed by atoms with E-state index >= 15 is 0 Å². The van der Waals surface area contributed by atoms with Crippen LogP contribution in [0.3, 0.4) is 0 Å². The number of anilines is 3. The molecule has 0 saturated carbocycles. The van der Waals surface area contributed by atoms with E-state index in [1.807, 2.05) is 30.3 Å². The van der Waals surface area contributed by atoms with Crippen molar-refractivity contribution in [1.29, 1.82) is 0 Å². The Balaban J connectivity index is 1.58. The molecule has 1 heterocycles. The van der Waals surface area contributed by atoms with Crippen molar-refractivity contribution < 1.29 is 26.4 Å². The maximum Gasteiger partial charge on any atom is 0.435 e. The molecule has 0 fully saturated rings. The molecular formula is C25H21F3N4O3S. The highest BCUT2D eigenvalue weighted by Gasteiger charge is 2.35. The quantitative estimate of drug-likeness (QED) is 0.378. The molecule has 4 aromatic rings. The van der Waals surface area contributed by atoms with Gasteiger partial charge in [-0.1, -0.05) is 30.3 Å². The number of hydrogen-bond donors (Lipinski definition) is 1. The maximum absolute atomic E-state index is 13.5. The third-order valence-electron chi connectivity index (χ3n) is 5.48. The number of rotatable bonds is 6. The maximum atomic E-state index is 13.5. The number of carbonyl (C=O) groups excluding carboxylic acids is 1. The van der Waals surface area contributed by atoms with Crippen LogP contribution in [0.1, 0.15) is 16.2 Å². The molecule has 0 bridgehead atoms. The summed E-state index contributed by atoms with van der Waals surface area (Å²) in [5, 5.41) is 5.78.